The van der Waals surface area contributed by atoms with E-state index < -0.39 is 32.9 Å². The van der Waals surface area contributed by atoms with Crippen LogP contribution < -0.4 is 15.2 Å². The Balaban J connectivity index is 1.63. The van der Waals surface area contributed by atoms with Crippen molar-refractivity contribution in [2.45, 2.75) is 13.0 Å². The van der Waals surface area contributed by atoms with Gasteiger partial charge in [0.15, 0.2) is 5.69 Å². The molecule has 12 heteroatoms. The minimum Gasteiger partial charge on any atom is -0.501 e. The van der Waals surface area contributed by atoms with Crippen molar-refractivity contribution in [3.63, 3.8) is 0 Å². The Kier molecular flexibility index (Phi) is 5.54. The average Bonchev–Trinajstić information content (AvgIpc) is 3.10. The Hall–Kier alpha value is -2.82. The molecule has 31 heavy (non-hydrogen) atoms. The van der Waals surface area contributed by atoms with E-state index in [9.17, 15) is 23.1 Å². The normalized spacial score (nSPS) is 15.4. The van der Waals surface area contributed by atoms with Gasteiger partial charge in [-0.25, -0.2) is 13.4 Å². The molecule has 162 valence electrons. The van der Waals surface area contributed by atoms with E-state index in [4.69, 9.17) is 23.2 Å². The second kappa shape index (κ2) is 8.03. The summed E-state index contributed by atoms with van der Waals surface area (Å²) in [6, 6.07) is 7.76. The van der Waals surface area contributed by atoms with Crippen molar-refractivity contribution < 1.29 is 18.3 Å². The van der Waals surface area contributed by atoms with Crippen LogP contribution in [0.3, 0.4) is 0 Å². The number of halogens is 2. The predicted molar refractivity (Wildman–Crippen MR) is 117 cm³/mol. The smallest absolute Gasteiger partial charge is 0.300 e. The van der Waals surface area contributed by atoms with E-state index >= 15 is 0 Å². The highest BCUT2D eigenvalue weighted by Crippen LogP contribution is 2.25. The predicted octanol–water partition coefficient (Wildman–Crippen LogP) is 2.18. The lowest BCUT2D eigenvalue weighted by Crippen LogP contribution is -2.28. The summed E-state index contributed by atoms with van der Waals surface area (Å²) in [5.41, 5.74) is -0.293. The zero-order chi connectivity index (χ0) is 22.3. The van der Waals surface area contributed by atoms with Gasteiger partial charge in [0.1, 0.15) is 5.65 Å². The van der Waals surface area contributed by atoms with Crippen LogP contribution in [0.4, 0.5) is 5.69 Å². The first-order chi connectivity index (χ1) is 14.7. The molecule has 1 amide bonds. The second-order valence-electron chi connectivity index (χ2n) is 6.90. The Morgan fingerprint density at radius 1 is 1.19 bits per heavy atom. The van der Waals surface area contributed by atoms with Crippen molar-refractivity contribution in [3.05, 3.63) is 68.2 Å². The van der Waals surface area contributed by atoms with Crippen LogP contribution in [0.1, 0.15) is 22.5 Å². The van der Waals surface area contributed by atoms with Gasteiger partial charge in [0.25, 0.3) is 5.91 Å². The third-order valence-corrected chi connectivity index (χ3v) is 7.43. The minimum atomic E-state index is -3.44. The first-order valence-electron chi connectivity index (χ1n) is 9.15. The van der Waals surface area contributed by atoms with Gasteiger partial charge < -0.3 is 10.4 Å². The van der Waals surface area contributed by atoms with E-state index in [-0.39, 0.29) is 23.6 Å². The van der Waals surface area contributed by atoms with E-state index in [1.807, 2.05) is 0 Å². The molecule has 9 nitrogen and oxygen atoms in total. The van der Waals surface area contributed by atoms with Crippen molar-refractivity contribution in [2.75, 3.05) is 16.6 Å². The number of carbonyl (C=O) groups is 1. The summed E-state index contributed by atoms with van der Waals surface area (Å²) >= 11 is 11.8. The number of hydrogen-bond donors (Lipinski definition) is 2. The molecule has 1 aromatic carbocycles. The largest absolute Gasteiger partial charge is 0.501 e. The summed E-state index contributed by atoms with van der Waals surface area (Å²) < 4.78 is 26.5. The topological polar surface area (TPSA) is 121 Å². The summed E-state index contributed by atoms with van der Waals surface area (Å²) in [6.07, 6.45) is 1.77. The van der Waals surface area contributed by atoms with Gasteiger partial charge in [-0.2, -0.15) is 0 Å². The molecule has 1 aliphatic heterocycles. The zero-order valence-corrected chi connectivity index (χ0v) is 18.2. The number of rotatable bonds is 4. The highest BCUT2D eigenvalue weighted by atomic mass is 35.5. The summed E-state index contributed by atoms with van der Waals surface area (Å²) in [6.45, 7) is 0.374. The fraction of sp³-hybridized carbons (Fsp3) is 0.211. The number of aromatic hydroxyl groups is 1. The molecule has 2 N–H and O–H groups in total. The number of pyridine rings is 1. The average molecular weight is 483 g/mol. The Morgan fingerprint density at radius 2 is 1.97 bits per heavy atom. The molecule has 0 radical (unpaired) electrons. The standard InChI is InChI=1S/C19H16Cl2N4O5S/c20-13-4-2-11(8-14(13)21)9-22-18(27)16-17(26)19(28)24-10-12(3-5-15(24)23-16)25-6-1-7-31(25,29)30/h2-5,8,10,26H,1,6-7,9H2,(H,22,27). The first-order valence-corrected chi connectivity index (χ1v) is 11.5. The number of benzene rings is 1. The van der Waals surface area contributed by atoms with Crippen molar-refractivity contribution in [3.8, 4) is 5.75 Å². The number of anilines is 1. The summed E-state index contributed by atoms with van der Waals surface area (Å²) in [4.78, 5) is 29.2. The number of amides is 1. The Bertz CT molecular complexity index is 1370. The van der Waals surface area contributed by atoms with Crippen LogP contribution in [-0.4, -0.2) is 41.1 Å². The molecule has 2 aromatic heterocycles. The van der Waals surface area contributed by atoms with Crippen molar-refractivity contribution >= 4 is 50.5 Å². The molecule has 3 heterocycles. The van der Waals surface area contributed by atoms with E-state index in [1.54, 1.807) is 18.2 Å². The zero-order valence-electron chi connectivity index (χ0n) is 15.9. The van der Waals surface area contributed by atoms with Crippen LogP contribution in [-0.2, 0) is 16.6 Å². The SMILES string of the molecule is O=C(NCc1ccc(Cl)c(Cl)c1)c1nc2ccc(N3CCCS3(=O)=O)cn2c(=O)c1O. The van der Waals surface area contributed by atoms with E-state index in [0.717, 1.165) is 4.40 Å². The molecular weight excluding hydrogens is 467 g/mol. The van der Waals surface area contributed by atoms with Crippen molar-refractivity contribution in [1.29, 1.82) is 0 Å². The Labute approximate surface area is 186 Å². The maximum atomic E-state index is 12.6. The minimum absolute atomic E-state index is 0.0291. The monoisotopic (exact) mass is 482 g/mol. The first kappa shape index (κ1) is 21.4. The van der Waals surface area contributed by atoms with Crippen LogP contribution >= 0.6 is 23.2 Å². The maximum Gasteiger partial charge on any atom is 0.300 e. The molecule has 4 rings (SSSR count). The summed E-state index contributed by atoms with van der Waals surface area (Å²) in [5, 5.41) is 13.5. The molecule has 3 aromatic rings. The fourth-order valence-electron chi connectivity index (χ4n) is 3.27. The molecular formula is C19H16Cl2N4O5S. The second-order valence-corrected chi connectivity index (χ2v) is 9.73. The lowest BCUT2D eigenvalue weighted by molar-refractivity contribution is 0.0942. The quantitative estimate of drug-likeness (QED) is 0.587. The molecule has 0 unspecified atom stereocenters. The highest BCUT2D eigenvalue weighted by molar-refractivity contribution is 7.93. The number of fused-ring (bicyclic) bond motifs is 1. The highest BCUT2D eigenvalue weighted by Gasteiger charge is 2.29. The number of nitrogens with zero attached hydrogens (tertiary/aromatic N) is 3. The van der Waals surface area contributed by atoms with Gasteiger partial charge in [-0.1, -0.05) is 29.3 Å². The fourth-order valence-corrected chi connectivity index (χ4v) is 5.14. The Morgan fingerprint density at radius 3 is 2.65 bits per heavy atom. The summed E-state index contributed by atoms with van der Waals surface area (Å²) in [5.74, 6) is -1.57. The van der Waals surface area contributed by atoms with Crippen molar-refractivity contribution in [2.24, 2.45) is 0 Å². The van der Waals surface area contributed by atoms with Crippen LogP contribution in [0.2, 0.25) is 10.0 Å². The van der Waals surface area contributed by atoms with Gasteiger partial charge >= 0.3 is 5.56 Å². The van der Waals surface area contributed by atoms with Gasteiger partial charge in [-0.3, -0.25) is 18.3 Å². The van der Waals surface area contributed by atoms with Crippen LogP contribution in [0.15, 0.2) is 41.3 Å². The third-order valence-electron chi connectivity index (χ3n) is 4.82. The lowest BCUT2D eigenvalue weighted by Gasteiger charge is -2.17. The molecule has 0 saturated carbocycles. The van der Waals surface area contributed by atoms with E-state index in [0.29, 0.717) is 28.6 Å². The van der Waals surface area contributed by atoms with Gasteiger partial charge in [0.2, 0.25) is 15.8 Å². The molecule has 0 bridgehead atoms. The van der Waals surface area contributed by atoms with Crippen molar-refractivity contribution in [1.82, 2.24) is 14.7 Å². The maximum absolute atomic E-state index is 12.6. The number of hydrogen-bond acceptors (Lipinski definition) is 6. The molecule has 1 aliphatic rings. The third kappa shape index (κ3) is 4.06. The molecule has 0 spiro atoms. The van der Waals surface area contributed by atoms with Crippen LogP contribution in [0.5, 0.6) is 5.75 Å². The number of nitrogens with one attached hydrogen (secondary N) is 1. The number of sulfonamides is 1. The number of carbonyl (C=O) groups excluding carboxylic acids is 1. The van der Waals surface area contributed by atoms with E-state index in [1.165, 1.54) is 22.6 Å². The van der Waals surface area contributed by atoms with Gasteiger partial charge in [-0.05, 0) is 36.2 Å². The molecule has 1 fully saturated rings. The number of aromatic nitrogens is 2. The van der Waals surface area contributed by atoms with Crippen LogP contribution in [0, 0.1) is 0 Å². The van der Waals surface area contributed by atoms with Gasteiger partial charge in [0, 0.05) is 19.3 Å². The molecule has 0 aliphatic carbocycles. The van der Waals surface area contributed by atoms with Crippen LogP contribution in [0.25, 0.3) is 5.65 Å². The van der Waals surface area contributed by atoms with E-state index in [2.05, 4.69) is 10.3 Å². The molecule has 0 atom stereocenters. The summed E-state index contributed by atoms with van der Waals surface area (Å²) in [7, 11) is -3.44. The van der Waals surface area contributed by atoms with Gasteiger partial charge in [-0.15, -0.1) is 0 Å². The van der Waals surface area contributed by atoms with Gasteiger partial charge in [0.05, 0.1) is 21.5 Å². The molecule has 1 saturated heterocycles. The lowest BCUT2D eigenvalue weighted by atomic mass is 10.2.